The highest BCUT2D eigenvalue weighted by Crippen LogP contribution is 2.36. The molecule has 2 aliphatic rings. The number of rotatable bonds is 6. The molecular formula is C24H26N4O3S. The van der Waals surface area contributed by atoms with Gasteiger partial charge in [0, 0.05) is 37.9 Å². The van der Waals surface area contributed by atoms with E-state index < -0.39 is 0 Å². The molecule has 1 amide bonds. The number of ether oxygens (including phenoxy) is 1. The molecule has 0 spiro atoms. The summed E-state index contributed by atoms with van der Waals surface area (Å²) in [5.41, 5.74) is 1.83. The fourth-order valence-electron chi connectivity index (χ4n) is 4.11. The van der Waals surface area contributed by atoms with Gasteiger partial charge < -0.3 is 14.5 Å². The first kappa shape index (κ1) is 20.9. The number of carbonyl (C=O) groups excluding carboxylic acids is 1. The highest BCUT2D eigenvalue weighted by molar-refractivity contribution is 7.99. The molecule has 8 heteroatoms. The van der Waals surface area contributed by atoms with Crippen LogP contribution in [0.15, 0.2) is 58.5 Å². The smallest absolute Gasteiger partial charge is 0.262 e. The van der Waals surface area contributed by atoms with E-state index in [0.29, 0.717) is 34.9 Å². The highest BCUT2D eigenvalue weighted by Gasteiger charge is 2.29. The van der Waals surface area contributed by atoms with Crippen LogP contribution in [-0.2, 0) is 4.79 Å². The van der Waals surface area contributed by atoms with Gasteiger partial charge in [0.15, 0.2) is 5.16 Å². The topological polar surface area (TPSA) is 67.7 Å². The summed E-state index contributed by atoms with van der Waals surface area (Å²) in [4.78, 5) is 34.8. The summed E-state index contributed by atoms with van der Waals surface area (Å²) >= 11 is 1.38. The number of carbonyl (C=O) groups is 1. The largest absolute Gasteiger partial charge is 0.497 e. The number of para-hydroxylation sites is 1. The maximum Gasteiger partial charge on any atom is 0.262 e. The number of hydrogen-bond donors (Lipinski definition) is 0. The lowest BCUT2D eigenvalue weighted by molar-refractivity contribution is -0.128. The van der Waals surface area contributed by atoms with Crippen molar-refractivity contribution in [2.45, 2.75) is 24.0 Å². The molecule has 1 saturated carbocycles. The number of fused-ring (bicyclic) bond motifs is 1. The quantitative estimate of drug-likeness (QED) is 0.425. The fraction of sp³-hybridized carbons (Fsp3) is 0.375. The Morgan fingerprint density at radius 3 is 2.47 bits per heavy atom. The normalized spacial score (nSPS) is 16.4. The zero-order chi connectivity index (χ0) is 22.1. The predicted molar refractivity (Wildman–Crippen MR) is 127 cm³/mol. The van der Waals surface area contributed by atoms with E-state index in [1.807, 2.05) is 41.3 Å². The number of aromatic nitrogens is 2. The fourth-order valence-corrected chi connectivity index (χ4v) is 5.08. The third-order valence-corrected chi connectivity index (χ3v) is 7.02. The molecule has 166 valence electrons. The average Bonchev–Trinajstić information content (AvgIpc) is 3.68. The van der Waals surface area contributed by atoms with Crippen LogP contribution in [0.2, 0.25) is 0 Å². The first-order chi connectivity index (χ1) is 15.6. The number of piperazine rings is 1. The second kappa shape index (κ2) is 8.86. The van der Waals surface area contributed by atoms with Gasteiger partial charge in [-0.3, -0.25) is 14.2 Å². The van der Waals surface area contributed by atoms with E-state index in [9.17, 15) is 9.59 Å². The van der Waals surface area contributed by atoms with Gasteiger partial charge in [-0.15, -0.1) is 0 Å². The maximum atomic E-state index is 13.0. The Balaban J connectivity index is 1.23. The van der Waals surface area contributed by atoms with Crippen molar-refractivity contribution in [3.8, 4) is 5.75 Å². The molecular weight excluding hydrogens is 424 g/mol. The molecule has 3 aromatic rings. The number of thioether (sulfide) groups is 1. The van der Waals surface area contributed by atoms with Crippen molar-refractivity contribution in [2.24, 2.45) is 0 Å². The molecule has 1 aromatic heterocycles. The molecule has 2 aromatic carbocycles. The molecule has 0 unspecified atom stereocenters. The van der Waals surface area contributed by atoms with Gasteiger partial charge in [0.05, 0.1) is 23.8 Å². The zero-order valence-corrected chi connectivity index (χ0v) is 18.9. The first-order valence-electron chi connectivity index (χ1n) is 10.9. The third kappa shape index (κ3) is 4.19. The van der Waals surface area contributed by atoms with Crippen LogP contribution in [0.3, 0.4) is 0 Å². The lowest BCUT2D eigenvalue weighted by Gasteiger charge is -2.36. The average molecular weight is 451 g/mol. The molecule has 2 fully saturated rings. The number of nitrogens with zero attached hydrogens (tertiary/aromatic N) is 4. The van der Waals surface area contributed by atoms with Gasteiger partial charge in [-0.1, -0.05) is 23.9 Å². The summed E-state index contributed by atoms with van der Waals surface area (Å²) < 4.78 is 7.02. The molecule has 0 atom stereocenters. The first-order valence-corrected chi connectivity index (χ1v) is 11.9. The van der Waals surface area contributed by atoms with Gasteiger partial charge in [-0.05, 0) is 49.2 Å². The van der Waals surface area contributed by atoms with Crippen molar-refractivity contribution in [1.82, 2.24) is 14.5 Å². The molecule has 5 rings (SSSR count). The number of amides is 1. The van der Waals surface area contributed by atoms with Crippen LogP contribution >= 0.6 is 11.8 Å². The molecule has 7 nitrogen and oxygen atoms in total. The lowest BCUT2D eigenvalue weighted by atomic mass is 10.2. The number of methoxy groups -OCH3 is 1. The van der Waals surface area contributed by atoms with Crippen LogP contribution in [0.4, 0.5) is 5.69 Å². The van der Waals surface area contributed by atoms with Gasteiger partial charge in [-0.25, -0.2) is 4.98 Å². The lowest BCUT2D eigenvalue weighted by Crippen LogP contribution is -2.49. The predicted octanol–water partition coefficient (Wildman–Crippen LogP) is 3.18. The van der Waals surface area contributed by atoms with Crippen molar-refractivity contribution in [3.05, 3.63) is 58.9 Å². The number of benzene rings is 2. The van der Waals surface area contributed by atoms with Crippen LogP contribution in [0.5, 0.6) is 5.75 Å². The Labute approximate surface area is 191 Å². The van der Waals surface area contributed by atoms with E-state index in [0.717, 1.165) is 37.4 Å². The standard InChI is InChI=1S/C24H26N4O3S/c1-31-19-10-8-17(9-11-19)26-12-14-27(15-13-26)22(29)16-32-24-25-21-5-3-2-4-20(21)23(30)28(24)18-6-7-18/h2-5,8-11,18H,6-7,12-16H2,1H3. The van der Waals surface area contributed by atoms with Crippen molar-refractivity contribution in [1.29, 1.82) is 0 Å². The SMILES string of the molecule is COc1ccc(N2CCN(C(=O)CSc3nc4ccccc4c(=O)n3C3CC3)CC2)cc1. The Morgan fingerprint density at radius 1 is 1.06 bits per heavy atom. The van der Waals surface area contributed by atoms with E-state index in [4.69, 9.17) is 9.72 Å². The third-order valence-electron chi connectivity index (χ3n) is 6.08. The summed E-state index contributed by atoms with van der Waals surface area (Å²) in [6, 6.07) is 15.7. The zero-order valence-electron chi connectivity index (χ0n) is 18.1. The van der Waals surface area contributed by atoms with Gasteiger partial charge in [0.2, 0.25) is 5.91 Å². The molecule has 2 heterocycles. The molecule has 32 heavy (non-hydrogen) atoms. The van der Waals surface area contributed by atoms with E-state index in [1.54, 1.807) is 11.7 Å². The van der Waals surface area contributed by atoms with Crippen molar-refractivity contribution in [3.63, 3.8) is 0 Å². The monoisotopic (exact) mass is 450 g/mol. The van der Waals surface area contributed by atoms with Crippen molar-refractivity contribution in [2.75, 3.05) is 43.9 Å². The highest BCUT2D eigenvalue weighted by atomic mass is 32.2. The minimum Gasteiger partial charge on any atom is -0.497 e. The van der Waals surface area contributed by atoms with Gasteiger partial charge >= 0.3 is 0 Å². The van der Waals surface area contributed by atoms with Crippen LogP contribution in [-0.4, -0.2) is 59.4 Å². The van der Waals surface area contributed by atoms with Crippen molar-refractivity contribution < 1.29 is 9.53 Å². The molecule has 1 saturated heterocycles. The van der Waals surface area contributed by atoms with Crippen LogP contribution in [0, 0.1) is 0 Å². The minimum atomic E-state index is 0.00107. The Bertz CT molecular complexity index is 1180. The summed E-state index contributed by atoms with van der Waals surface area (Å²) in [6.45, 7) is 2.96. The number of anilines is 1. The van der Waals surface area contributed by atoms with Crippen LogP contribution < -0.4 is 15.2 Å². The molecule has 1 aliphatic heterocycles. The van der Waals surface area contributed by atoms with Crippen LogP contribution in [0.25, 0.3) is 10.9 Å². The second-order valence-electron chi connectivity index (χ2n) is 8.17. The second-order valence-corrected chi connectivity index (χ2v) is 9.11. The van der Waals surface area contributed by atoms with E-state index in [2.05, 4.69) is 17.0 Å². The molecule has 1 aliphatic carbocycles. The Morgan fingerprint density at radius 2 is 1.78 bits per heavy atom. The minimum absolute atomic E-state index is 0.00107. The van der Waals surface area contributed by atoms with E-state index in [1.165, 1.54) is 11.8 Å². The summed E-state index contributed by atoms with van der Waals surface area (Å²) in [6.07, 6.45) is 1.99. The molecule has 0 radical (unpaired) electrons. The van der Waals surface area contributed by atoms with E-state index >= 15 is 0 Å². The van der Waals surface area contributed by atoms with Gasteiger partial charge in [0.25, 0.3) is 5.56 Å². The number of hydrogen-bond acceptors (Lipinski definition) is 6. The summed E-state index contributed by atoms with van der Waals surface area (Å²) in [5.74, 6) is 1.22. The van der Waals surface area contributed by atoms with Crippen LogP contribution in [0.1, 0.15) is 18.9 Å². The molecule has 0 N–H and O–H groups in total. The molecule has 0 bridgehead atoms. The summed E-state index contributed by atoms with van der Waals surface area (Å²) in [5, 5.41) is 1.30. The maximum absolute atomic E-state index is 13.0. The Hall–Kier alpha value is -3.00. The van der Waals surface area contributed by atoms with E-state index in [-0.39, 0.29) is 17.5 Å². The Kier molecular flexibility index (Phi) is 5.78. The van der Waals surface area contributed by atoms with Gasteiger partial charge in [-0.2, -0.15) is 0 Å². The summed E-state index contributed by atoms with van der Waals surface area (Å²) in [7, 11) is 1.66. The van der Waals surface area contributed by atoms with Gasteiger partial charge in [0.1, 0.15) is 5.75 Å². The van der Waals surface area contributed by atoms with Crippen molar-refractivity contribution >= 4 is 34.3 Å².